The second-order valence-corrected chi connectivity index (χ2v) is 5.48. The van der Waals surface area contributed by atoms with E-state index in [9.17, 15) is 9.50 Å². The minimum absolute atomic E-state index is 0.301. The number of morpholine rings is 1. The molecule has 0 radical (unpaired) electrons. The second-order valence-electron chi connectivity index (χ2n) is 5.48. The van der Waals surface area contributed by atoms with E-state index < -0.39 is 6.10 Å². The van der Waals surface area contributed by atoms with Gasteiger partial charge in [0, 0.05) is 37.6 Å². The molecule has 0 aliphatic carbocycles. The molecule has 0 spiro atoms. The van der Waals surface area contributed by atoms with Crippen molar-refractivity contribution < 1.29 is 14.2 Å². The highest BCUT2D eigenvalue weighted by Gasteiger charge is 2.14. The lowest BCUT2D eigenvalue weighted by Crippen LogP contribution is -2.42. The lowest BCUT2D eigenvalue weighted by molar-refractivity contribution is 0.0171. The van der Waals surface area contributed by atoms with Gasteiger partial charge in [0.1, 0.15) is 11.6 Å². The van der Waals surface area contributed by atoms with E-state index in [4.69, 9.17) is 4.74 Å². The standard InChI is InChI=1S/C16H20FN3O2/c17-13-3-1-12-2-4-16(19-15(12)9-13)18-10-14(21)11-20-5-7-22-8-6-20/h1-4,9,14,21H,5-8,10-11H2,(H,18,19). The van der Waals surface area contributed by atoms with Crippen molar-refractivity contribution in [2.45, 2.75) is 6.10 Å². The Balaban J connectivity index is 1.56. The maximum atomic E-state index is 13.2. The van der Waals surface area contributed by atoms with Crippen LogP contribution >= 0.6 is 0 Å². The topological polar surface area (TPSA) is 57.6 Å². The van der Waals surface area contributed by atoms with Crippen LogP contribution in [0.25, 0.3) is 10.9 Å². The molecule has 1 atom stereocenters. The van der Waals surface area contributed by atoms with Gasteiger partial charge < -0.3 is 15.2 Å². The zero-order valence-electron chi connectivity index (χ0n) is 12.3. The number of rotatable bonds is 5. The van der Waals surface area contributed by atoms with Crippen LogP contribution in [0.5, 0.6) is 0 Å². The highest BCUT2D eigenvalue weighted by atomic mass is 19.1. The van der Waals surface area contributed by atoms with Crippen LogP contribution in [0.2, 0.25) is 0 Å². The van der Waals surface area contributed by atoms with E-state index in [1.165, 1.54) is 12.1 Å². The Morgan fingerprint density at radius 3 is 2.86 bits per heavy atom. The largest absolute Gasteiger partial charge is 0.390 e. The molecule has 0 bridgehead atoms. The van der Waals surface area contributed by atoms with Gasteiger partial charge in [0.2, 0.25) is 0 Å². The molecule has 1 unspecified atom stereocenters. The molecule has 118 valence electrons. The van der Waals surface area contributed by atoms with Crippen LogP contribution in [0.4, 0.5) is 10.2 Å². The Kier molecular flexibility index (Phi) is 4.82. The van der Waals surface area contributed by atoms with E-state index >= 15 is 0 Å². The normalized spacial score (nSPS) is 17.5. The van der Waals surface area contributed by atoms with Crippen LogP contribution in [-0.2, 0) is 4.74 Å². The molecule has 0 saturated carbocycles. The summed E-state index contributed by atoms with van der Waals surface area (Å²) in [5, 5.41) is 14.1. The van der Waals surface area contributed by atoms with Crippen molar-refractivity contribution in [2.75, 3.05) is 44.7 Å². The summed E-state index contributed by atoms with van der Waals surface area (Å²) in [6, 6.07) is 8.25. The van der Waals surface area contributed by atoms with Gasteiger partial charge in [0.25, 0.3) is 0 Å². The van der Waals surface area contributed by atoms with Gasteiger partial charge in [-0.1, -0.05) is 0 Å². The van der Waals surface area contributed by atoms with E-state index in [2.05, 4.69) is 15.2 Å². The number of halogens is 1. The Bertz CT molecular complexity index is 632. The predicted molar refractivity (Wildman–Crippen MR) is 83.5 cm³/mol. The third-order valence-corrected chi connectivity index (χ3v) is 3.75. The molecule has 0 amide bonds. The number of benzene rings is 1. The molecule has 1 aromatic heterocycles. The summed E-state index contributed by atoms with van der Waals surface area (Å²) in [6.45, 7) is 4.16. The van der Waals surface area contributed by atoms with Crippen molar-refractivity contribution >= 4 is 16.7 Å². The van der Waals surface area contributed by atoms with Crippen LogP contribution in [0.15, 0.2) is 30.3 Å². The maximum Gasteiger partial charge on any atom is 0.126 e. The number of nitrogens with one attached hydrogen (secondary N) is 1. The number of aliphatic hydroxyl groups is 1. The number of aliphatic hydroxyl groups excluding tert-OH is 1. The predicted octanol–water partition coefficient (Wildman–Crippen LogP) is 1.48. The molecular formula is C16H20FN3O2. The first-order valence-electron chi connectivity index (χ1n) is 7.49. The summed E-state index contributed by atoms with van der Waals surface area (Å²) in [4.78, 5) is 6.54. The quantitative estimate of drug-likeness (QED) is 0.876. The van der Waals surface area contributed by atoms with Gasteiger partial charge in [0.05, 0.1) is 24.8 Å². The molecule has 22 heavy (non-hydrogen) atoms. The number of pyridine rings is 1. The van der Waals surface area contributed by atoms with Gasteiger partial charge in [0.15, 0.2) is 0 Å². The van der Waals surface area contributed by atoms with Gasteiger partial charge in [-0.05, 0) is 24.3 Å². The molecule has 5 nitrogen and oxygen atoms in total. The average molecular weight is 305 g/mol. The number of fused-ring (bicyclic) bond motifs is 1. The summed E-state index contributed by atoms with van der Waals surface area (Å²) in [5.41, 5.74) is 0.604. The minimum atomic E-state index is -0.483. The van der Waals surface area contributed by atoms with E-state index in [0.717, 1.165) is 31.7 Å². The smallest absolute Gasteiger partial charge is 0.126 e. The highest BCUT2D eigenvalue weighted by Crippen LogP contribution is 2.16. The maximum absolute atomic E-state index is 13.2. The molecule has 2 aromatic rings. The Morgan fingerprint density at radius 2 is 2.05 bits per heavy atom. The second kappa shape index (κ2) is 7.00. The van der Waals surface area contributed by atoms with Gasteiger partial charge in [-0.2, -0.15) is 0 Å². The van der Waals surface area contributed by atoms with Crippen LogP contribution in [-0.4, -0.2) is 60.5 Å². The number of hydrogen-bond donors (Lipinski definition) is 2. The number of hydrogen-bond acceptors (Lipinski definition) is 5. The van der Waals surface area contributed by atoms with Crippen LogP contribution in [0, 0.1) is 5.82 Å². The third-order valence-electron chi connectivity index (χ3n) is 3.75. The van der Waals surface area contributed by atoms with E-state index in [1.54, 1.807) is 6.07 Å². The number of ether oxygens (including phenoxy) is 1. The first kappa shape index (κ1) is 15.1. The van der Waals surface area contributed by atoms with Gasteiger partial charge >= 0.3 is 0 Å². The zero-order chi connectivity index (χ0) is 15.4. The number of nitrogens with zero attached hydrogens (tertiary/aromatic N) is 2. The van der Waals surface area contributed by atoms with Crippen molar-refractivity contribution in [1.82, 2.24) is 9.88 Å². The fourth-order valence-corrected chi connectivity index (χ4v) is 2.56. The molecule has 1 saturated heterocycles. The van der Waals surface area contributed by atoms with Crippen molar-refractivity contribution in [2.24, 2.45) is 0 Å². The van der Waals surface area contributed by atoms with Crippen molar-refractivity contribution in [3.05, 3.63) is 36.1 Å². The summed E-state index contributed by atoms with van der Waals surface area (Å²) < 4.78 is 18.5. The van der Waals surface area contributed by atoms with Crippen LogP contribution in [0.1, 0.15) is 0 Å². The summed E-state index contributed by atoms with van der Waals surface area (Å²) >= 11 is 0. The molecular weight excluding hydrogens is 285 g/mol. The number of aromatic nitrogens is 1. The first-order valence-corrected chi connectivity index (χ1v) is 7.49. The highest BCUT2D eigenvalue weighted by molar-refractivity contribution is 5.80. The van der Waals surface area contributed by atoms with Gasteiger partial charge in [-0.3, -0.25) is 4.90 Å². The fraction of sp³-hybridized carbons (Fsp3) is 0.438. The van der Waals surface area contributed by atoms with E-state index in [0.29, 0.717) is 24.4 Å². The molecule has 1 aliphatic rings. The van der Waals surface area contributed by atoms with Crippen LogP contribution in [0.3, 0.4) is 0 Å². The average Bonchev–Trinajstić information content (AvgIpc) is 2.53. The molecule has 2 N–H and O–H groups in total. The third kappa shape index (κ3) is 3.91. The monoisotopic (exact) mass is 305 g/mol. The molecule has 2 heterocycles. The Hall–Kier alpha value is -1.76. The number of anilines is 1. The molecule has 1 aromatic carbocycles. The summed E-state index contributed by atoms with van der Waals surface area (Å²) in [5.74, 6) is 0.337. The van der Waals surface area contributed by atoms with E-state index in [-0.39, 0.29) is 5.82 Å². The Morgan fingerprint density at radius 1 is 1.27 bits per heavy atom. The van der Waals surface area contributed by atoms with Crippen molar-refractivity contribution in [3.63, 3.8) is 0 Å². The molecule has 3 rings (SSSR count). The molecule has 6 heteroatoms. The summed E-state index contributed by atoms with van der Waals surface area (Å²) in [6.07, 6.45) is -0.483. The van der Waals surface area contributed by atoms with Gasteiger partial charge in [-0.15, -0.1) is 0 Å². The van der Waals surface area contributed by atoms with E-state index in [1.807, 2.05) is 12.1 Å². The SMILES string of the molecule is OC(CNc1ccc2ccc(F)cc2n1)CN1CCOCC1. The molecule has 1 aliphatic heterocycles. The van der Waals surface area contributed by atoms with Crippen molar-refractivity contribution in [3.8, 4) is 0 Å². The fourth-order valence-electron chi connectivity index (χ4n) is 2.56. The lowest BCUT2D eigenvalue weighted by Gasteiger charge is -2.28. The van der Waals surface area contributed by atoms with Crippen LogP contribution < -0.4 is 5.32 Å². The lowest BCUT2D eigenvalue weighted by atomic mass is 10.2. The molecule has 1 fully saturated rings. The van der Waals surface area contributed by atoms with Crippen molar-refractivity contribution in [1.29, 1.82) is 0 Å². The summed E-state index contributed by atoms with van der Waals surface area (Å²) in [7, 11) is 0. The number of β-amino-alcohol motifs (C(OH)–C–C–N with tert-alkyl or cyclic N) is 1. The van der Waals surface area contributed by atoms with Gasteiger partial charge in [-0.25, -0.2) is 9.37 Å². The Labute approximate surface area is 128 Å². The zero-order valence-corrected chi connectivity index (χ0v) is 12.3. The minimum Gasteiger partial charge on any atom is -0.390 e. The first-order chi connectivity index (χ1) is 10.7.